The number of hydrogen-bond donors (Lipinski definition) is 2. The minimum atomic E-state index is -3.50. The van der Waals surface area contributed by atoms with Crippen LogP contribution in [-0.4, -0.2) is 64.7 Å². The number of ether oxygens (including phenoxy) is 1. The first-order chi connectivity index (χ1) is 11.4. The van der Waals surface area contributed by atoms with Crippen molar-refractivity contribution in [3.63, 3.8) is 0 Å². The van der Waals surface area contributed by atoms with Gasteiger partial charge in [0.1, 0.15) is 0 Å². The predicted octanol–water partition coefficient (Wildman–Crippen LogP) is 0.435. The van der Waals surface area contributed by atoms with Gasteiger partial charge in [-0.1, -0.05) is 6.92 Å². The lowest BCUT2D eigenvalue weighted by atomic mass is 10.2. The molecule has 8 heteroatoms. The highest BCUT2D eigenvalue weighted by atomic mass is 32.2. The highest BCUT2D eigenvalue weighted by Gasteiger charge is 2.17. The molecular weight excluding hydrogens is 330 g/mol. The molecule has 24 heavy (non-hydrogen) atoms. The second-order valence-electron chi connectivity index (χ2n) is 5.81. The Labute approximate surface area is 143 Å². The van der Waals surface area contributed by atoms with E-state index >= 15 is 0 Å². The van der Waals surface area contributed by atoms with E-state index in [2.05, 4.69) is 14.9 Å². The van der Waals surface area contributed by atoms with Crippen molar-refractivity contribution in [1.29, 1.82) is 0 Å². The van der Waals surface area contributed by atoms with Crippen LogP contribution >= 0.6 is 0 Å². The van der Waals surface area contributed by atoms with Gasteiger partial charge in [-0.05, 0) is 31.2 Å². The van der Waals surface area contributed by atoms with Crippen molar-refractivity contribution >= 4 is 15.9 Å². The Morgan fingerprint density at radius 2 is 1.88 bits per heavy atom. The number of carbonyl (C=O) groups is 1. The number of amides is 1. The molecule has 1 aromatic carbocycles. The summed E-state index contributed by atoms with van der Waals surface area (Å²) in [6, 6.07) is 5.95. The third-order valence-electron chi connectivity index (χ3n) is 3.77. The summed E-state index contributed by atoms with van der Waals surface area (Å²) in [5.41, 5.74) is 0.444. The highest BCUT2D eigenvalue weighted by Crippen LogP contribution is 2.10. The number of benzene rings is 1. The monoisotopic (exact) mass is 355 g/mol. The van der Waals surface area contributed by atoms with Gasteiger partial charge in [0, 0.05) is 37.8 Å². The van der Waals surface area contributed by atoms with Gasteiger partial charge in [-0.15, -0.1) is 0 Å². The molecule has 1 fully saturated rings. The molecule has 1 aliphatic heterocycles. The molecule has 7 nitrogen and oxygen atoms in total. The van der Waals surface area contributed by atoms with Crippen molar-refractivity contribution in [2.45, 2.75) is 24.8 Å². The molecule has 1 heterocycles. The van der Waals surface area contributed by atoms with Crippen LogP contribution in [0.25, 0.3) is 0 Å². The van der Waals surface area contributed by atoms with Crippen molar-refractivity contribution in [2.24, 2.45) is 0 Å². The first-order valence-electron chi connectivity index (χ1n) is 8.13. The number of sulfonamides is 1. The standard InChI is InChI=1S/C16H25N3O4S/c1-3-17-24(21,22)15-6-4-14(5-7-15)16(20)18-13(2)12-19-8-10-23-11-9-19/h4-7,13,17H,3,8-12H2,1-2H3,(H,18,20). The van der Waals surface area contributed by atoms with E-state index in [4.69, 9.17) is 4.74 Å². The summed E-state index contributed by atoms with van der Waals surface area (Å²) < 4.78 is 31.5. The van der Waals surface area contributed by atoms with E-state index < -0.39 is 10.0 Å². The van der Waals surface area contributed by atoms with Gasteiger partial charge in [0.15, 0.2) is 0 Å². The van der Waals surface area contributed by atoms with Crippen LogP contribution in [0.5, 0.6) is 0 Å². The fourth-order valence-electron chi connectivity index (χ4n) is 2.58. The van der Waals surface area contributed by atoms with Crippen LogP contribution < -0.4 is 10.0 Å². The van der Waals surface area contributed by atoms with Crippen molar-refractivity contribution < 1.29 is 17.9 Å². The van der Waals surface area contributed by atoms with E-state index in [1.54, 1.807) is 6.92 Å². The van der Waals surface area contributed by atoms with E-state index in [0.29, 0.717) is 12.1 Å². The normalized spacial score (nSPS) is 17.4. The Morgan fingerprint density at radius 1 is 1.25 bits per heavy atom. The smallest absolute Gasteiger partial charge is 0.251 e. The summed E-state index contributed by atoms with van der Waals surface area (Å²) in [5.74, 6) is -0.205. The van der Waals surface area contributed by atoms with Crippen LogP contribution in [0, 0.1) is 0 Å². The van der Waals surface area contributed by atoms with E-state index in [9.17, 15) is 13.2 Å². The molecule has 2 N–H and O–H groups in total. The second kappa shape index (κ2) is 8.57. The number of nitrogens with zero attached hydrogens (tertiary/aromatic N) is 1. The van der Waals surface area contributed by atoms with Crippen LogP contribution in [0.1, 0.15) is 24.2 Å². The van der Waals surface area contributed by atoms with Gasteiger partial charge in [-0.25, -0.2) is 13.1 Å². The zero-order valence-electron chi connectivity index (χ0n) is 14.1. The van der Waals surface area contributed by atoms with Crippen LogP contribution in [0.3, 0.4) is 0 Å². The number of rotatable bonds is 7. The molecule has 134 valence electrons. The predicted molar refractivity (Wildman–Crippen MR) is 91.5 cm³/mol. The third-order valence-corrected chi connectivity index (χ3v) is 5.34. The molecule has 0 saturated carbocycles. The number of hydrogen-bond acceptors (Lipinski definition) is 5. The van der Waals surface area contributed by atoms with Gasteiger partial charge >= 0.3 is 0 Å². The van der Waals surface area contributed by atoms with Crippen molar-refractivity contribution in [3.05, 3.63) is 29.8 Å². The average Bonchev–Trinajstić information content (AvgIpc) is 2.55. The summed E-state index contributed by atoms with van der Waals surface area (Å²) in [4.78, 5) is 14.7. The van der Waals surface area contributed by atoms with Gasteiger partial charge in [-0.2, -0.15) is 0 Å². The Kier molecular flexibility index (Phi) is 6.73. The summed E-state index contributed by atoms with van der Waals surface area (Å²) in [6.07, 6.45) is 0. The first-order valence-corrected chi connectivity index (χ1v) is 9.61. The van der Waals surface area contributed by atoms with Crippen molar-refractivity contribution in [2.75, 3.05) is 39.4 Å². The molecule has 0 radical (unpaired) electrons. The number of morpholine rings is 1. The molecule has 0 spiro atoms. The summed E-state index contributed by atoms with van der Waals surface area (Å²) in [5, 5.41) is 2.94. The molecule has 1 atom stereocenters. The van der Waals surface area contributed by atoms with Crippen LogP contribution in [0.4, 0.5) is 0 Å². The highest BCUT2D eigenvalue weighted by molar-refractivity contribution is 7.89. The molecule has 1 unspecified atom stereocenters. The molecule has 2 rings (SSSR count). The van der Waals surface area contributed by atoms with E-state index in [-0.39, 0.29) is 16.8 Å². The Balaban J connectivity index is 1.92. The molecule has 1 aromatic rings. The van der Waals surface area contributed by atoms with Crippen LogP contribution in [0.2, 0.25) is 0 Å². The van der Waals surface area contributed by atoms with Crippen molar-refractivity contribution in [1.82, 2.24) is 14.9 Å². The van der Waals surface area contributed by atoms with Gasteiger partial charge in [0.2, 0.25) is 10.0 Å². The SMILES string of the molecule is CCNS(=O)(=O)c1ccc(C(=O)NC(C)CN2CCOCC2)cc1. The lowest BCUT2D eigenvalue weighted by molar-refractivity contribution is 0.0342. The maximum Gasteiger partial charge on any atom is 0.251 e. The quantitative estimate of drug-likeness (QED) is 0.741. The Bertz CT molecular complexity index is 640. The maximum atomic E-state index is 12.3. The molecular formula is C16H25N3O4S. The minimum Gasteiger partial charge on any atom is -0.379 e. The fourth-order valence-corrected chi connectivity index (χ4v) is 3.62. The average molecular weight is 355 g/mol. The lowest BCUT2D eigenvalue weighted by Gasteiger charge is -2.29. The topological polar surface area (TPSA) is 87.7 Å². The van der Waals surface area contributed by atoms with Crippen LogP contribution in [-0.2, 0) is 14.8 Å². The second-order valence-corrected chi connectivity index (χ2v) is 7.58. The maximum absolute atomic E-state index is 12.3. The van der Waals surface area contributed by atoms with Gasteiger partial charge in [-0.3, -0.25) is 9.69 Å². The number of nitrogens with one attached hydrogen (secondary N) is 2. The molecule has 0 bridgehead atoms. The molecule has 0 aliphatic carbocycles. The van der Waals surface area contributed by atoms with Gasteiger partial charge in [0.25, 0.3) is 5.91 Å². The molecule has 1 aliphatic rings. The minimum absolute atomic E-state index is 0.000710. The van der Waals surface area contributed by atoms with Gasteiger partial charge < -0.3 is 10.1 Å². The van der Waals surface area contributed by atoms with E-state index in [1.807, 2.05) is 6.92 Å². The van der Waals surface area contributed by atoms with Crippen LogP contribution in [0.15, 0.2) is 29.2 Å². The van der Waals surface area contributed by atoms with Gasteiger partial charge in [0.05, 0.1) is 18.1 Å². The summed E-state index contributed by atoms with van der Waals surface area (Å²) >= 11 is 0. The summed E-state index contributed by atoms with van der Waals surface area (Å²) in [6.45, 7) is 7.96. The Hall–Kier alpha value is -1.48. The number of carbonyl (C=O) groups excluding carboxylic acids is 1. The molecule has 0 aromatic heterocycles. The van der Waals surface area contributed by atoms with Crippen molar-refractivity contribution in [3.8, 4) is 0 Å². The van der Waals surface area contributed by atoms with E-state index in [0.717, 1.165) is 32.8 Å². The Morgan fingerprint density at radius 3 is 2.46 bits per heavy atom. The van der Waals surface area contributed by atoms with E-state index in [1.165, 1.54) is 24.3 Å². The zero-order valence-corrected chi connectivity index (χ0v) is 14.9. The molecule has 1 saturated heterocycles. The molecule has 1 amide bonds. The largest absolute Gasteiger partial charge is 0.379 e. The lowest BCUT2D eigenvalue weighted by Crippen LogP contribution is -2.46. The summed E-state index contributed by atoms with van der Waals surface area (Å²) in [7, 11) is -3.50. The zero-order chi connectivity index (χ0) is 17.6. The third kappa shape index (κ3) is 5.27. The fraction of sp³-hybridized carbons (Fsp3) is 0.562. The first kappa shape index (κ1) is 18.9.